The molecule has 0 unspecified atom stereocenters. The normalized spacial score (nSPS) is 15.1. The summed E-state index contributed by atoms with van der Waals surface area (Å²) in [6.07, 6.45) is 7.14. The number of pyridine rings is 1. The number of ether oxygens (including phenoxy) is 1. The van der Waals surface area contributed by atoms with Crippen LogP contribution in [-0.4, -0.2) is 59.9 Å². The van der Waals surface area contributed by atoms with Crippen LogP contribution in [0.5, 0.6) is 5.88 Å². The molecular formula is C19H29N3O3. The van der Waals surface area contributed by atoms with Crippen molar-refractivity contribution in [3.05, 3.63) is 23.9 Å². The Balaban J connectivity index is 1.78. The van der Waals surface area contributed by atoms with Gasteiger partial charge in [-0.1, -0.05) is 19.8 Å². The summed E-state index contributed by atoms with van der Waals surface area (Å²) < 4.78 is 5.90. The zero-order valence-corrected chi connectivity index (χ0v) is 15.5. The number of piperidine rings is 1. The van der Waals surface area contributed by atoms with Gasteiger partial charge in [-0.05, 0) is 12.5 Å². The Kier molecular flexibility index (Phi) is 7.22. The van der Waals surface area contributed by atoms with E-state index in [-0.39, 0.29) is 17.9 Å². The number of carbonyl (C=O) groups excluding carboxylic acids is 2. The van der Waals surface area contributed by atoms with E-state index in [0.717, 1.165) is 45.2 Å². The Morgan fingerprint density at radius 1 is 1.24 bits per heavy atom. The van der Waals surface area contributed by atoms with E-state index >= 15 is 0 Å². The quantitative estimate of drug-likeness (QED) is 0.712. The molecule has 2 amide bonds. The van der Waals surface area contributed by atoms with Crippen molar-refractivity contribution < 1.29 is 14.3 Å². The lowest BCUT2D eigenvalue weighted by atomic mass is 10.1. The molecule has 2 heterocycles. The Bertz CT molecular complexity index is 564. The van der Waals surface area contributed by atoms with Gasteiger partial charge in [-0.3, -0.25) is 9.59 Å². The van der Waals surface area contributed by atoms with Crippen LogP contribution < -0.4 is 4.74 Å². The van der Waals surface area contributed by atoms with Crippen molar-refractivity contribution >= 4 is 11.8 Å². The van der Waals surface area contributed by atoms with Crippen molar-refractivity contribution in [3.8, 4) is 5.88 Å². The third-order valence-electron chi connectivity index (χ3n) is 4.47. The number of hydrogen-bond donors (Lipinski definition) is 0. The van der Waals surface area contributed by atoms with Crippen molar-refractivity contribution in [1.29, 1.82) is 0 Å². The molecule has 0 N–H and O–H groups in total. The molecule has 1 aromatic rings. The fourth-order valence-electron chi connectivity index (χ4n) is 2.91. The molecule has 1 fully saturated rings. The molecule has 138 valence electrons. The first-order chi connectivity index (χ1) is 12.0. The Hall–Kier alpha value is -2.11. The van der Waals surface area contributed by atoms with Gasteiger partial charge in [-0.15, -0.1) is 0 Å². The van der Waals surface area contributed by atoms with Gasteiger partial charge in [0, 0.05) is 58.7 Å². The van der Waals surface area contributed by atoms with E-state index in [1.54, 1.807) is 32.4 Å². The van der Waals surface area contributed by atoms with E-state index in [1.807, 2.05) is 4.90 Å². The minimum absolute atomic E-state index is 0.0718. The van der Waals surface area contributed by atoms with Crippen LogP contribution in [0.3, 0.4) is 0 Å². The predicted molar refractivity (Wildman–Crippen MR) is 96.6 cm³/mol. The van der Waals surface area contributed by atoms with Crippen molar-refractivity contribution in [3.63, 3.8) is 0 Å². The molecule has 0 aliphatic carbocycles. The molecule has 0 saturated carbocycles. The van der Waals surface area contributed by atoms with Crippen LogP contribution in [0.4, 0.5) is 0 Å². The van der Waals surface area contributed by atoms with E-state index in [2.05, 4.69) is 11.9 Å². The van der Waals surface area contributed by atoms with Crippen LogP contribution in [0.15, 0.2) is 18.3 Å². The molecule has 0 atom stereocenters. The molecule has 1 saturated heterocycles. The molecule has 6 heteroatoms. The highest BCUT2D eigenvalue weighted by Gasteiger charge is 2.23. The van der Waals surface area contributed by atoms with Gasteiger partial charge >= 0.3 is 0 Å². The zero-order chi connectivity index (χ0) is 18.2. The second-order valence-electron chi connectivity index (χ2n) is 6.74. The number of carbonyl (C=O) groups is 2. The summed E-state index contributed by atoms with van der Waals surface area (Å²) in [5.74, 6) is 0.716. The highest BCUT2D eigenvalue weighted by atomic mass is 16.5. The molecule has 1 aliphatic rings. The number of aromatic nitrogens is 1. The van der Waals surface area contributed by atoms with Crippen LogP contribution in [0.1, 0.15) is 55.8 Å². The Morgan fingerprint density at radius 3 is 2.52 bits per heavy atom. The summed E-state index contributed by atoms with van der Waals surface area (Å²) in [6.45, 7) is 3.63. The minimum atomic E-state index is -0.0751. The van der Waals surface area contributed by atoms with E-state index < -0.39 is 0 Å². The van der Waals surface area contributed by atoms with Gasteiger partial charge in [0.25, 0.3) is 5.91 Å². The molecular weight excluding hydrogens is 318 g/mol. The van der Waals surface area contributed by atoms with Gasteiger partial charge in [-0.2, -0.15) is 0 Å². The SMILES string of the molecule is CCCCCC(=O)N1CCC(Oc2ccc(C(=O)N(C)C)cn2)CC1. The first kappa shape index (κ1) is 19.2. The first-order valence-electron chi connectivity index (χ1n) is 9.13. The van der Waals surface area contributed by atoms with E-state index in [9.17, 15) is 9.59 Å². The molecule has 0 spiro atoms. The third-order valence-corrected chi connectivity index (χ3v) is 4.47. The predicted octanol–water partition coefficient (Wildman–Crippen LogP) is 2.73. The fraction of sp³-hybridized carbons (Fsp3) is 0.632. The van der Waals surface area contributed by atoms with Crippen molar-refractivity contribution in [1.82, 2.24) is 14.8 Å². The number of amides is 2. The summed E-state index contributed by atoms with van der Waals surface area (Å²) in [6, 6.07) is 3.47. The number of likely N-dealkylation sites (tertiary alicyclic amines) is 1. The van der Waals surface area contributed by atoms with Crippen LogP contribution in [0.2, 0.25) is 0 Å². The molecule has 1 aliphatic heterocycles. The molecule has 0 radical (unpaired) electrons. The maximum atomic E-state index is 12.1. The highest BCUT2D eigenvalue weighted by Crippen LogP contribution is 2.19. The average molecular weight is 347 g/mol. The first-order valence-corrected chi connectivity index (χ1v) is 9.13. The Labute approximate surface area is 150 Å². The zero-order valence-electron chi connectivity index (χ0n) is 15.5. The second-order valence-corrected chi connectivity index (χ2v) is 6.74. The maximum absolute atomic E-state index is 12.1. The lowest BCUT2D eigenvalue weighted by Gasteiger charge is -2.32. The minimum Gasteiger partial charge on any atom is -0.474 e. The number of rotatable bonds is 7. The molecule has 0 aromatic carbocycles. The van der Waals surface area contributed by atoms with E-state index in [0.29, 0.717) is 17.9 Å². The third kappa shape index (κ3) is 5.73. The molecule has 0 bridgehead atoms. The summed E-state index contributed by atoms with van der Waals surface area (Å²) in [5, 5.41) is 0. The van der Waals surface area contributed by atoms with Crippen LogP contribution in [0, 0.1) is 0 Å². The molecule has 6 nitrogen and oxygen atoms in total. The molecule has 1 aromatic heterocycles. The summed E-state index contributed by atoms with van der Waals surface area (Å²) in [4.78, 5) is 31.7. The Morgan fingerprint density at radius 2 is 1.96 bits per heavy atom. The summed E-state index contributed by atoms with van der Waals surface area (Å²) in [5.41, 5.74) is 0.546. The van der Waals surface area contributed by atoms with Crippen LogP contribution in [-0.2, 0) is 4.79 Å². The van der Waals surface area contributed by atoms with Crippen molar-refractivity contribution in [2.45, 2.75) is 51.6 Å². The number of nitrogens with zero attached hydrogens (tertiary/aromatic N) is 3. The fourth-order valence-corrected chi connectivity index (χ4v) is 2.91. The lowest BCUT2D eigenvalue weighted by molar-refractivity contribution is -0.133. The van der Waals surface area contributed by atoms with Gasteiger partial charge < -0.3 is 14.5 Å². The number of hydrogen-bond acceptors (Lipinski definition) is 4. The van der Waals surface area contributed by atoms with Crippen LogP contribution >= 0.6 is 0 Å². The van der Waals surface area contributed by atoms with Gasteiger partial charge in [0.1, 0.15) is 6.10 Å². The van der Waals surface area contributed by atoms with Gasteiger partial charge in [0.2, 0.25) is 11.8 Å². The largest absolute Gasteiger partial charge is 0.474 e. The van der Waals surface area contributed by atoms with Crippen molar-refractivity contribution in [2.24, 2.45) is 0 Å². The molecule has 25 heavy (non-hydrogen) atoms. The smallest absolute Gasteiger partial charge is 0.254 e. The van der Waals surface area contributed by atoms with E-state index in [1.165, 1.54) is 4.90 Å². The maximum Gasteiger partial charge on any atom is 0.254 e. The topological polar surface area (TPSA) is 62.7 Å². The highest BCUT2D eigenvalue weighted by molar-refractivity contribution is 5.93. The average Bonchev–Trinajstić information content (AvgIpc) is 2.62. The van der Waals surface area contributed by atoms with Crippen LogP contribution in [0.25, 0.3) is 0 Å². The summed E-state index contributed by atoms with van der Waals surface area (Å²) in [7, 11) is 3.42. The monoisotopic (exact) mass is 347 g/mol. The van der Waals surface area contributed by atoms with Gasteiger partial charge in [0.05, 0.1) is 5.56 Å². The number of unbranched alkanes of at least 4 members (excludes halogenated alkanes) is 2. The van der Waals surface area contributed by atoms with Gasteiger partial charge in [0.15, 0.2) is 0 Å². The van der Waals surface area contributed by atoms with E-state index in [4.69, 9.17) is 4.74 Å². The second kappa shape index (κ2) is 9.39. The lowest BCUT2D eigenvalue weighted by Crippen LogP contribution is -2.41. The standard InChI is InChI=1S/C19H29N3O3/c1-4-5-6-7-18(23)22-12-10-16(11-13-22)25-17-9-8-15(14-20-17)19(24)21(2)3/h8-9,14,16H,4-7,10-13H2,1-3H3. The van der Waals surface area contributed by atoms with Gasteiger partial charge in [-0.25, -0.2) is 4.98 Å². The van der Waals surface area contributed by atoms with Crippen molar-refractivity contribution in [2.75, 3.05) is 27.2 Å². The molecule has 2 rings (SSSR count). The summed E-state index contributed by atoms with van der Waals surface area (Å²) >= 11 is 0.